The number of aromatic nitrogens is 2. The first-order valence-corrected chi connectivity index (χ1v) is 6.92. The smallest absolute Gasteiger partial charge is 0.266 e. The number of phenols is 1. The molecule has 1 aliphatic heterocycles. The normalized spacial score (nSPS) is 16.9. The molecule has 21 heavy (non-hydrogen) atoms. The number of hydrogen-bond donors (Lipinski definition) is 2. The van der Waals surface area contributed by atoms with E-state index in [2.05, 4.69) is 10.1 Å². The highest BCUT2D eigenvalue weighted by Gasteiger charge is 2.20. The predicted octanol–water partition coefficient (Wildman–Crippen LogP) is 0.854. The molecule has 3 rings (SSSR count). The van der Waals surface area contributed by atoms with E-state index in [-0.39, 0.29) is 11.8 Å². The van der Waals surface area contributed by atoms with Gasteiger partial charge in [0.1, 0.15) is 5.75 Å². The molecule has 1 saturated heterocycles. The molecule has 0 amide bonds. The van der Waals surface area contributed by atoms with E-state index in [0.717, 1.165) is 18.7 Å². The summed E-state index contributed by atoms with van der Waals surface area (Å²) in [4.78, 5) is 6.38. The summed E-state index contributed by atoms with van der Waals surface area (Å²) in [7, 11) is 0. The standard InChI is InChI=1S/C14H18N4O3/c15-12(9-10-1-3-11(19)4-2-10)13-16-14(17-21-13)18-5-7-20-8-6-18/h1-4,12,19H,5-9,15H2. The zero-order valence-corrected chi connectivity index (χ0v) is 11.6. The fraction of sp³-hybridized carbons (Fsp3) is 0.429. The Bertz CT molecular complexity index is 578. The Morgan fingerprint density at radius 3 is 2.67 bits per heavy atom. The first-order valence-electron chi connectivity index (χ1n) is 6.92. The van der Waals surface area contributed by atoms with Crippen molar-refractivity contribution in [3.8, 4) is 5.75 Å². The Hall–Kier alpha value is -2.12. The van der Waals surface area contributed by atoms with Gasteiger partial charge in [-0.25, -0.2) is 0 Å². The van der Waals surface area contributed by atoms with Crippen LogP contribution < -0.4 is 10.6 Å². The fourth-order valence-corrected chi connectivity index (χ4v) is 2.24. The lowest BCUT2D eigenvalue weighted by Crippen LogP contribution is -2.36. The van der Waals surface area contributed by atoms with Crippen molar-refractivity contribution in [3.63, 3.8) is 0 Å². The van der Waals surface area contributed by atoms with Crippen LogP contribution in [-0.4, -0.2) is 41.6 Å². The van der Waals surface area contributed by atoms with Crippen LogP contribution in [0.1, 0.15) is 17.5 Å². The second-order valence-corrected chi connectivity index (χ2v) is 5.01. The van der Waals surface area contributed by atoms with Crippen molar-refractivity contribution in [3.05, 3.63) is 35.7 Å². The zero-order chi connectivity index (χ0) is 14.7. The average molecular weight is 290 g/mol. The SMILES string of the molecule is NC(Cc1ccc(O)cc1)c1nc(N2CCOCC2)no1. The highest BCUT2D eigenvalue weighted by molar-refractivity contribution is 5.29. The number of ether oxygens (including phenoxy) is 1. The monoisotopic (exact) mass is 290 g/mol. The Morgan fingerprint density at radius 2 is 1.95 bits per heavy atom. The molecule has 0 saturated carbocycles. The number of phenolic OH excluding ortho intramolecular Hbond substituents is 1. The molecule has 1 atom stereocenters. The maximum Gasteiger partial charge on any atom is 0.266 e. The molecular formula is C14H18N4O3. The molecule has 0 aliphatic carbocycles. The van der Waals surface area contributed by atoms with Crippen LogP contribution in [0.4, 0.5) is 5.95 Å². The Balaban J connectivity index is 1.65. The minimum atomic E-state index is -0.364. The van der Waals surface area contributed by atoms with Gasteiger partial charge in [-0.2, -0.15) is 4.98 Å². The third-order valence-corrected chi connectivity index (χ3v) is 3.43. The van der Waals surface area contributed by atoms with Crippen LogP contribution in [0.2, 0.25) is 0 Å². The summed E-state index contributed by atoms with van der Waals surface area (Å²) in [6.07, 6.45) is 0.574. The average Bonchev–Trinajstić information content (AvgIpc) is 3.00. The van der Waals surface area contributed by atoms with E-state index < -0.39 is 0 Å². The maximum absolute atomic E-state index is 9.27. The van der Waals surface area contributed by atoms with E-state index >= 15 is 0 Å². The highest BCUT2D eigenvalue weighted by atomic mass is 16.5. The number of benzene rings is 1. The van der Waals surface area contributed by atoms with Gasteiger partial charge in [0.15, 0.2) is 0 Å². The summed E-state index contributed by atoms with van der Waals surface area (Å²) in [5, 5.41) is 13.2. The Labute approximate surface area is 122 Å². The number of nitrogens with zero attached hydrogens (tertiary/aromatic N) is 3. The molecule has 1 aliphatic rings. The van der Waals surface area contributed by atoms with E-state index in [0.29, 0.717) is 31.5 Å². The van der Waals surface area contributed by atoms with Crippen LogP contribution in [-0.2, 0) is 11.2 Å². The van der Waals surface area contributed by atoms with E-state index in [1.807, 2.05) is 17.0 Å². The third kappa shape index (κ3) is 3.32. The van der Waals surface area contributed by atoms with Crippen LogP contribution in [0.15, 0.2) is 28.8 Å². The van der Waals surface area contributed by atoms with Gasteiger partial charge >= 0.3 is 0 Å². The topological polar surface area (TPSA) is 97.6 Å². The minimum absolute atomic E-state index is 0.236. The predicted molar refractivity (Wildman–Crippen MR) is 76.1 cm³/mol. The molecule has 2 aromatic rings. The van der Waals surface area contributed by atoms with Crippen LogP contribution in [0, 0.1) is 0 Å². The molecule has 0 radical (unpaired) electrons. The Kier molecular flexibility index (Phi) is 4.03. The van der Waals surface area contributed by atoms with Gasteiger partial charge in [-0.3, -0.25) is 0 Å². The van der Waals surface area contributed by atoms with Crippen molar-refractivity contribution in [1.29, 1.82) is 0 Å². The van der Waals surface area contributed by atoms with Crippen LogP contribution in [0.25, 0.3) is 0 Å². The summed E-state index contributed by atoms with van der Waals surface area (Å²) < 4.78 is 10.5. The van der Waals surface area contributed by atoms with Gasteiger partial charge in [-0.1, -0.05) is 12.1 Å². The molecule has 1 unspecified atom stereocenters. The largest absolute Gasteiger partial charge is 0.508 e. The van der Waals surface area contributed by atoms with Crippen molar-refractivity contribution in [2.75, 3.05) is 31.2 Å². The molecule has 2 heterocycles. The number of nitrogens with two attached hydrogens (primary N) is 1. The van der Waals surface area contributed by atoms with E-state index in [1.54, 1.807) is 12.1 Å². The van der Waals surface area contributed by atoms with E-state index in [4.69, 9.17) is 15.0 Å². The summed E-state index contributed by atoms with van der Waals surface area (Å²) >= 11 is 0. The number of aromatic hydroxyl groups is 1. The molecule has 0 bridgehead atoms. The van der Waals surface area contributed by atoms with Crippen molar-refractivity contribution >= 4 is 5.95 Å². The van der Waals surface area contributed by atoms with Crippen molar-refractivity contribution < 1.29 is 14.4 Å². The first-order chi connectivity index (χ1) is 10.2. The zero-order valence-electron chi connectivity index (χ0n) is 11.6. The van der Waals surface area contributed by atoms with Gasteiger partial charge in [0.2, 0.25) is 5.89 Å². The van der Waals surface area contributed by atoms with Crippen molar-refractivity contribution in [2.24, 2.45) is 5.73 Å². The maximum atomic E-state index is 9.27. The van der Waals surface area contributed by atoms with Gasteiger partial charge in [-0.15, -0.1) is 0 Å². The molecule has 112 valence electrons. The molecule has 0 spiro atoms. The van der Waals surface area contributed by atoms with Gasteiger partial charge in [0, 0.05) is 13.1 Å². The van der Waals surface area contributed by atoms with Gasteiger partial charge < -0.3 is 25.0 Å². The number of rotatable bonds is 4. The summed E-state index contributed by atoms with van der Waals surface area (Å²) in [5.41, 5.74) is 7.11. The van der Waals surface area contributed by atoms with Crippen molar-refractivity contribution in [2.45, 2.75) is 12.5 Å². The molecule has 1 aromatic carbocycles. The first kappa shape index (κ1) is 13.8. The Morgan fingerprint density at radius 1 is 1.24 bits per heavy atom. The second kappa shape index (κ2) is 6.11. The quantitative estimate of drug-likeness (QED) is 0.861. The second-order valence-electron chi connectivity index (χ2n) is 5.01. The summed E-state index contributed by atoms with van der Waals surface area (Å²) in [5.74, 6) is 1.22. The minimum Gasteiger partial charge on any atom is -0.508 e. The van der Waals surface area contributed by atoms with Crippen LogP contribution >= 0.6 is 0 Å². The third-order valence-electron chi connectivity index (χ3n) is 3.43. The lowest BCUT2D eigenvalue weighted by molar-refractivity contribution is 0.121. The lowest BCUT2D eigenvalue weighted by Gasteiger charge is -2.24. The van der Waals surface area contributed by atoms with Gasteiger partial charge in [0.05, 0.1) is 19.3 Å². The number of hydrogen-bond acceptors (Lipinski definition) is 7. The van der Waals surface area contributed by atoms with Gasteiger partial charge in [-0.05, 0) is 29.3 Å². The summed E-state index contributed by atoms with van der Waals surface area (Å²) in [6, 6.07) is 6.56. The van der Waals surface area contributed by atoms with Gasteiger partial charge in [0.25, 0.3) is 5.95 Å². The molecule has 7 heteroatoms. The molecule has 7 nitrogen and oxygen atoms in total. The number of morpholine rings is 1. The van der Waals surface area contributed by atoms with Crippen LogP contribution in [0.5, 0.6) is 5.75 Å². The van der Waals surface area contributed by atoms with E-state index in [1.165, 1.54) is 0 Å². The van der Waals surface area contributed by atoms with E-state index in [9.17, 15) is 5.11 Å². The molecule has 1 aromatic heterocycles. The lowest BCUT2D eigenvalue weighted by atomic mass is 10.1. The molecular weight excluding hydrogens is 272 g/mol. The summed E-state index contributed by atoms with van der Waals surface area (Å²) in [6.45, 7) is 2.85. The molecule has 1 fully saturated rings. The van der Waals surface area contributed by atoms with Crippen molar-refractivity contribution in [1.82, 2.24) is 10.1 Å². The number of anilines is 1. The fourth-order valence-electron chi connectivity index (χ4n) is 2.24. The van der Waals surface area contributed by atoms with Crippen LogP contribution in [0.3, 0.4) is 0 Å². The molecule has 3 N–H and O–H groups in total. The highest BCUT2D eigenvalue weighted by Crippen LogP contribution is 2.19.